The summed E-state index contributed by atoms with van der Waals surface area (Å²) in [5, 5.41) is 3.88. The monoisotopic (exact) mass is 629 g/mol. The molecule has 0 bridgehead atoms. The minimum absolute atomic E-state index is 0.204. The number of nitrogens with zero attached hydrogens (tertiary/aromatic N) is 2. The third-order valence-corrected chi connectivity index (χ3v) is 10.2. The molecule has 0 saturated carbocycles. The van der Waals surface area contributed by atoms with E-state index in [4.69, 9.17) is 23.2 Å². The molecule has 37 heavy (non-hydrogen) atoms. The van der Waals surface area contributed by atoms with Crippen LogP contribution in [-0.4, -0.2) is 61.7 Å². The Kier molecular flexibility index (Phi) is 9.56. The van der Waals surface area contributed by atoms with Crippen molar-refractivity contribution >= 4 is 61.0 Å². The summed E-state index contributed by atoms with van der Waals surface area (Å²) in [5.41, 5.74) is 1.06. The van der Waals surface area contributed by atoms with Crippen LogP contribution in [-0.2, 0) is 19.6 Å². The maximum absolute atomic E-state index is 13.2. The van der Waals surface area contributed by atoms with Gasteiger partial charge in [0.1, 0.15) is 0 Å². The van der Waals surface area contributed by atoms with Gasteiger partial charge in [0.05, 0.1) is 4.90 Å². The number of likely N-dealkylation sites (tertiary alicyclic amines) is 1. The Bertz CT molecular complexity index is 1230. The van der Waals surface area contributed by atoms with Crippen molar-refractivity contribution in [3.63, 3.8) is 0 Å². The number of piperidine rings is 2. The highest BCUT2D eigenvalue weighted by atomic mass is 79.9. The van der Waals surface area contributed by atoms with Crippen molar-refractivity contribution in [2.75, 3.05) is 26.2 Å². The Balaban J connectivity index is 1.28. The Morgan fingerprint density at radius 2 is 1.68 bits per heavy atom. The van der Waals surface area contributed by atoms with Crippen LogP contribution in [0, 0.1) is 0 Å². The van der Waals surface area contributed by atoms with Gasteiger partial charge >= 0.3 is 11.8 Å². The zero-order valence-corrected chi connectivity index (χ0v) is 24.3. The van der Waals surface area contributed by atoms with E-state index in [2.05, 4.69) is 21.2 Å². The predicted molar refractivity (Wildman–Crippen MR) is 148 cm³/mol. The fraction of sp³-hybridized carbons (Fsp3) is 0.462. The molecule has 0 aliphatic carbocycles. The summed E-state index contributed by atoms with van der Waals surface area (Å²) < 4.78 is 28.9. The zero-order chi connectivity index (χ0) is 26.6. The number of carbonyl (C=O) groups is 2. The van der Waals surface area contributed by atoms with E-state index in [1.807, 2.05) is 18.2 Å². The van der Waals surface area contributed by atoms with Gasteiger partial charge in [-0.25, -0.2) is 8.42 Å². The van der Waals surface area contributed by atoms with Crippen LogP contribution < -0.4 is 5.32 Å². The second kappa shape index (κ2) is 12.5. The number of nitrogens with one attached hydrogen (secondary N) is 1. The van der Waals surface area contributed by atoms with Crippen LogP contribution in [0.5, 0.6) is 0 Å². The van der Waals surface area contributed by atoms with Crippen LogP contribution >= 0.6 is 39.1 Å². The van der Waals surface area contributed by atoms with Crippen LogP contribution in [0.4, 0.5) is 0 Å². The lowest BCUT2D eigenvalue weighted by Crippen LogP contribution is -2.48. The smallest absolute Gasteiger partial charge is 0.311 e. The van der Waals surface area contributed by atoms with Crippen molar-refractivity contribution < 1.29 is 18.0 Å². The van der Waals surface area contributed by atoms with Gasteiger partial charge in [-0.15, -0.1) is 0 Å². The number of halogens is 3. The molecule has 0 radical (unpaired) electrons. The molecule has 0 spiro atoms. The van der Waals surface area contributed by atoms with Gasteiger partial charge < -0.3 is 10.2 Å². The van der Waals surface area contributed by atoms with Crippen molar-refractivity contribution in [1.82, 2.24) is 14.5 Å². The van der Waals surface area contributed by atoms with Gasteiger partial charge in [0, 0.05) is 46.7 Å². The summed E-state index contributed by atoms with van der Waals surface area (Å²) in [6.07, 6.45) is 4.33. The average molecular weight is 631 g/mol. The Morgan fingerprint density at radius 1 is 0.973 bits per heavy atom. The first-order valence-corrected chi connectivity index (χ1v) is 15.4. The molecule has 2 fully saturated rings. The average Bonchev–Trinajstić information content (AvgIpc) is 2.89. The lowest BCUT2D eigenvalue weighted by molar-refractivity contribution is -0.146. The molecule has 2 saturated heterocycles. The van der Waals surface area contributed by atoms with Crippen LogP contribution in [0.15, 0.2) is 51.8 Å². The van der Waals surface area contributed by atoms with E-state index < -0.39 is 21.8 Å². The molecule has 2 aliphatic heterocycles. The molecule has 2 amide bonds. The number of rotatable bonds is 6. The minimum Gasteiger partial charge on any atom is -0.348 e. The number of sulfonamides is 1. The molecule has 1 atom stereocenters. The standard InChI is InChI=1S/C26H30BrCl2N3O4S/c27-19-4-9-23(24(29)17-19)18-11-15-31(16-12-18)26(34)25(33)30-13-10-21-3-1-2-14-32(21)37(35,36)22-7-5-20(28)6-8-22/h4-9,17-18,21H,1-3,10-16H2,(H,30,33). The number of hydrogen-bond donors (Lipinski definition) is 1. The molecule has 0 aromatic heterocycles. The highest BCUT2D eigenvalue weighted by Crippen LogP contribution is 2.34. The van der Waals surface area contributed by atoms with E-state index in [-0.39, 0.29) is 23.4 Å². The molecule has 11 heteroatoms. The van der Waals surface area contributed by atoms with Gasteiger partial charge in [-0.3, -0.25) is 9.59 Å². The summed E-state index contributed by atoms with van der Waals surface area (Å²) in [7, 11) is -3.67. The second-order valence-electron chi connectivity index (χ2n) is 9.50. The number of benzene rings is 2. The van der Waals surface area contributed by atoms with Gasteiger partial charge in [-0.1, -0.05) is 51.6 Å². The Hall–Kier alpha value is -1.65. The topological polar surface area (TPSA) is 86.8 Å². The number of amides is 2. The molecule has 1 N–H and O–H groups in total. The van der Waals surface area contributed by atoms with Gasteiger partial charge in [0.2, 0.25) is 10.0 Å². The van der Waals surface area contributed by atoms with Crippen LogP contribution in [0.3, 0.4) is 0 Å². The maximum Gasteiger partial charge on any atom is 0.311 e. The van der Waals surface area contributed by atoms with Crippen LogP contribution in [0.2, 0.25) is 10.0 Å². The van der Waals surface area contributed by atoms with Crippen molar-refractivity contribution in [1.29, 1.82) is 0 Å². The van der Waals surface area contributed by atoms with Gasteiger partial charge in [-0.05, 0) is 80.0 Å². The normalized spacial score (nSPS) is 19.5. The molecule has 2 heterocycles. The Labute approximate surface area is 236 Å². The number of hydrogen-bond acceptors (Lipinski definition) is 4. The summed E-state index contributed by atoms with van der Waals surface area (Å²) in [6, 6.07) is 11.7. The molecule has 2 aromatic carbocycles. The largest absolute Gasteiger partial charge is 0.348 e. The van der Waals surface area contributed by atoms with Crippen LogP contribution in [0.1, 0.15) is 50.0 Å². The van der Waals surface area contributed by atoms with E-state index in [1.54, 1.807) is 17.0 Å². The second-order valence-corrected chi connectivity index (χ2v) is 13.1. The lowest BCUT2D eigenvalue weighted by Gasteiger charge is -2.35. The predicted octanol–water partition coefficient (Wildman–Crippen LogP) is 5.21. The molecule has 4 rings (SSSR count). The zero-order valence-electron chi connectivity index (χ0n) is 20.3. The van der Waals surface area contributed by atoms with Crippen molar-refractivity contribution in [2.45, 2.75) is 55.4 Å². The van der Waals surface area contributed by atoms with E-state index in [1.165, 1.54) is 16.4 Å². The molecule has 2 aliphatic rings. The maximum atomic E-state index is 13.2. The van der Waals surface area contributed by atoms with E-state index in [0.717, 1.165) is 35.7 Å². The fourth-order valence-corrected chi connectivity index (χ4v) is 7.80. The molecule has 2 aromatic rings. The lowest BCUT2D eigenvalue weighted by atomic mass is 9.89. The number of carbonyl (C=O) groups excluding carboxylic acids is 2. The van der Waals surface area contributed by atoms with Crippen molar-refractivity contribution in [3.8, 4) is 0 Å². The summed E-state index contributed by atoms with van der Waals surface area (Å²) in [4.78, 5) is 27.1. The summed E-state index contributed by atoms with van der Waals surface area (Å²) in [6.45, 7) is 1.63. The molecule has 1 unspecified atom stereocenters. The van der Waals surface area contributed by atoms with Crippen molar-refractivity contribution in [3.05, 3.63) is 62.5 Å². The SMILES string of the molecule is O=C(NCCC1CCCCN1S(=O)(=O)c1ccc(Cl)cc1)C(=O)N1CCC(c2ccc(Br)cc2Cl)CC1. The van der Waals surface area contributed by atoms with E-state index >= 15 is 0 Å². The Morgan fingerprint density at radius 3 is 2.35 bits per heavy atom. The van der Waals surface area contributed by atoms with Gasteiger partial charge in [0.15, 0.2) is 0 Å². The first-order chi connectivity index (χ1) is 17.7. The van der Waals surface area contributed by atoms with E-state index in [9.17, 15) is 18.0 Å². The van der Waals surface area contributed by atoms with Crippen molar-refractivity contribution in [2.24, 2.45) is 0 Å². The molecular weight excluding hydrogens is 601 g/mol. The minimum atomic E-state index is -3.67. The molecule has 200 valence electrons. The third-order valence-electron chi connectivity index (χ3n) is 7.14. The van der Waals surface area contributed by atoms with E-state index in [0.29, 0.717) is 42.5 Å². The van der Waals surface area contributed by atoms with Gasteiger partial charge in [-0.2, -0.15) is 4.31 Å². The molecular formula is C26H30BrCl2N3O4S. The fourth-order valence-electron chi connectivity index (χ4n) is 5.12. The van der Waals surface area contributed by atoms with Gasteiger partial charge in [0.25, 0.3) is 0 Å². The third kappa shape index (κ3) is 6.87. The highest BCUT2D eigenvalue weighted by Gasteiger charge is 2.34. The first kappa shape index (κ1) is 28.4. The highest BCUT2D eigenvalue weighted by molar-refractivity contribution is 9.10. The first-order valence-electron chi connectivity index (χ1n) is 12.5. The quantitative estimate of drug-likeness (QED) is 0.444. The molecule has 7 nitrogen and oxygen atoms in total. The van der Waals surface area contributed by atoms with Crippen LogP contribution in [0.25, 0.3) is 0 Å². The summed E-state index contributed by atoms with van der Waals surface area (Å²) >= 11 is 15.7. The summed E-state index contributed by atoms with van der Waals surface area (Å²) in [5.74, 6) is -0.953.